The molecule has 1 aliphatic rings. The molecule has 0 saturated heterocycles. The van der Waals surface area contributed by atoms with Crippen LogP contribution < -0.4 is 10.6 Å². The molecule has 0 saturated carbocycles. The Kier molecular flexibility index (Phi) is 3.21. The van der Waals surface area contributed by atoms with Crippen molar-refractivity contribution in [3.63, 3.8) is 0 Å². The second-order valence-corrected chi connectivity index (χ2v) is 4.29. The Morgan fingerprint density at radius 2 is 2.00 bits per heavy atom. The van der Waals surface area contributed by atoms with E-state index in [1.54, 1.807) is 0 Å². The van der Waals surface area contributed by atoms with Crippen molar-refractivity contribution in [1.29, 1.82) is 0 Å². The smallest absolute Gasteiger partial charge is 0.368 e. The topological polar surface area (TPSA) is 63.4 Å². The van der Waals surface area contributed by atoms with Gasteiger partial charge in [0, 0.05) is 12.1 Å². The molecular weight excluding hydrogens is 261 g/mol. The lowest BCUT2D eigenvalue weighted by atomic mass is 9.98. The molecule has 0 aliphatic carbocycles. The first-order chi connectivity index (χ1) is 8.79. The van der Waals surface area contributed by atoms with E-state index in [0.717, 1.165) is 17.0 Å². The van der Waals surface area contributed by atoms with Gasteiger partial charge in [-0.1, -0.05) is 0 Å². The van der Waals surface area contributed by atoms with Crippen LogP contribution >= 0.6 is 0 Å². The first kappa shape index (κ1) is 13.4. The van der Waals surface area contributed by atoms with Gasteiger partial charge in [0.15, 0.2) is 0 Å². The van der Waals surface area contributed by atoms with Crippen molar-refractivity contribution in [1.82, 2.24) is 0 Å². The van der Waals surface area contributed by atoms with Crippen LogP contribution in [0.5, 0.6) is 0 Å². The van der Waals surface area contributed by atoms with Crippen molar-refractivity contribution < 1.29 is 22.8 Å². The molecule has 2 N–H and O–H groups in total. The number of nitrogens with zero attached hydrogens (tertiary/aromatic N) is 1. The number of hydrogen-bond donors (Lipinski definition) is 1. The second kappa shape index (κ2) is 4.56. The highest BCUT2D eigenvalue weighted by Crippen LogP contribution is 2.35. The lowest BCUT2D eigenvalue weighted by Gasteiger charge is -2.29. The van der Waals surface area contributed by atoms with Crippen LogP contribution in [0.3, 0.4) is 0 Å². The summed E-state index contributed by atoms with van der Waals surface area (Å²) in [6, 6.07) is 3.11. The van der Waals surface area contributed by atoms with E-state index in [9.17, 15) is 22.8 Å². The number of hydrogen-bond acceptors (Lipinski definition) is 2. The fourth-order valence-electron chi connectivity index (χ4n) is 2.07. The highest BCUT2D eigenvalue weighted by Gasteiger charge is 2.33. The Morgan fingerprint density at radius 1 is 1.32 bits per heavy atom. The average molecular weight is 272 g/mol. The maximum Gasteiger partial charge on any atom is 0.416 e. The van der Waals surface area contributed by atoms with Gasteiger partial charge in [-0.15, -0.1) is 0 Å². The number of halogens is 3. The Hall–Kier alpha value is -2.05. The molecule has 0 bridgehead atoms. The number of fused-ring (bicyclic) bond motifs is 1. The van der Waals surface area contributed by atoms with Crippen LogP contribution in [0.25, 0.3) is 0 Å². The van der Waals surface area contributed by atoms with Crippen molar-refractivity contribution in [2.24, 2.45) is 5.73 Å². The Balaban J connectivity index is 2.41. The van der Waals surface area contributed by atoms with Gasteiger partial charge in [0.25, 0.3) is 0 Å². The van der Waals surface area contributed by atoms with E-state index in [0.29, 0.717) is 11.3 Å². The molecule has 1 aromatic carbocycles. The number of carbonyl (C=O) groups is 2. The third kappa shape index (κ3) is 2.69. The van der Waals surface area contributed by atoms with Crippen molar-refractivity contribution in [2.45, 2.75) is 19.0 Å². The standard InChI is InChI=1S/C12H11F3N2O2/c13-12(14,15)8-2-3-9-7(5-8)1-4-11(19)17(9)6-10(16)18/h2-3,5H,1,4,6H2,(H2,16,18). The summed E-state index contributed by atoms with van der Waals surface area (Å²) in [5, 5.41) is 0. The van der Waals surface area contributed by atoms with Gasteiger partial charge >= 0.3 is 6.18 Å². The first-order valence-corrected chi connectivity index (χ1v) is 5.58. The molecule has 0 fully saturated rings. The zero-order valence-corrected chi connectivity index (χ0v) is 9.83. The minimum absolute atomic E-state index is 0.0710. The summed E-state index contributed by atoms with van der Waals surface area (Å²) in [5.41, 5.74) is 4.99. The van der Waals surface area contributed by atoms with Crippen molar-refractivity contribution >= 4 is 17.5 Å². The van der Waals surface area contributed by atoms with Gasteiger partial charge in [-0.3, -0.25) is 9.59 Å². The summed E-state index contributed by atoms with van der Waals surface area (Å²) in [5.74, 6) is -1.02. The molecule has 0 spiro atoms. The molecule has 0 unspecified atom stereocenters. The van der Waals surface area contributed by atoms with Gasteiger partial charge in [0.1, 0.15) is 6.54 Å². The molecule has 0 atom stereocenters. The molecule has 1 aromatic rings. The molecule has 19 heavy (non-hydrogen) atoms. The molecular formula is C12H11F3N2O2. The lowest BCUT2D eigenvalue weighted by Crippen LogP contribution is -2.41. The van der Waals surface area contributed by atoms with Gasteiger partial charge < -0.3 is 10.6 Å². The molecule has 2 amide bonds. The summed E-state index contributed by atoms with van der Waals surface area (Å²) >= 11 is 0. The quantitative estimate of drug-likeness (QED) is 0.886. The Morgan fingerprint density at radius 3 is 2.58 bits per heavy atom. The van der Waals surface area contributed by atoms with Crippen molar-refractivity contribution in [3.05, 3.63) is 29.3 Å². The van der Waals surface area contributed by atoms with Gasteiger partial charge in [0.2, 0.25) is 11.8 Å². The van der Waals surface area contributed by atoms with Crippen LogP contribution in [0.2, 0.25) is 0 Å². The molecule has 102 valence electrons. The number of primary amides is 1. The normalized spacial score (nSPS) is 15.3. The van der Waals surface area contributed by atoms with E-state index in [2.05, 4.69) is 0 Å². The van der Waals surface area contributed by atoms with Crippen LogP contribution in [0.4, 0.5) is 18.9 Å². The number of alkyl halides is 3. The summed E-state index contributed by atoms with van der Waals surface area (Å²) < 4.78 is 37.8. The van der Waals surface area contributed by atoms with E-state index >= 15 is 0 Å². The fraction of sp³-hybridized carbons (Fsp3) is 0.333. The van der Waals surface area contributed by atoms with Crippen LogP contribution in [0.15, 0.2) is 18.2 Å². The van der Waals surface area contributed by atoms with Crippen molar-refractivity contribution in [3.8, 4) is 0 Å². The number of amides is 2. The third-order valence-electron chi connectivity index (χ3n) is 2.92. The van der Waals surface area contributed by atoms with Gasteiger partial charge in [-0.25, -0.2) is 0 Å². The van der Waals surface area contributed by atoms with E-state index < -0.39 is 17.6 Å². The zero-order valence-electron chi connectivity index (χ0n) is 9.83. The largest absolute Gasteiger partial charge is 0.416 e. The molecule has 0 radical (unpaired) electrons. The number of benzene rings is 1. The molecule has 1 heterocycles. The van der Waals surface area contributed by atoms with Crippen LogP contribution in [0.1, 0.15) is 17.5 Å². The minimum Gasteiger partial charge on any atom is -0.368 e. The SMILES string of the molecule is NC(=O)CN1C(=O)CCc2cc(C(F)(F)F)ccc21. The first-order valence-electron chi connectivity index (χ1n) is 5.58. The van der Waals surface area contributed by atoms with E-state index in [1.165, 1.54) is 6.07 Å². The molecule has 7 heteroatoms. The zero-order chi connectivity index (χ0) is 14.2. The molecule has 0 aromatic heterocycles. The highest BCUT2D eigenvalue weighted by atomic mass is 19.4. The second-order valence-electron chi connectivity index (χ2n) is 4.29. The fourth-order valence-corrected chi connectivity index (χ4v) is 2.07. The molecule has 4 nitrogen and oxygen atoms in total. The number of aryl methyl sites for hydroxylation is 1. The summed E-state index contributed by atoms with van der Waals surface area (Å²) in [6.45, 7) is -0.322. The third-order valence-corrected chi connectivity index (χ3v) is 2.92. The predicted octanol–water partition coefficient (Wildman–Crippen LogP) is 1.47. The Bertz CT molecular complexity index is 540. The van der Waals surface area contributed by atoms with E-state index in [4.69, 9.17) is 5.73 Å². The maximum absolute atomic E-state index is 12.6. The average Bonchev–Trinajstić information content (AvgIpc) is 2.30. The number of anilines is 1. The monoisotopic (exact) mass is 272 g/mol. The van der Waals surface area contributed by atoms with Gasteiger partial charge in [-0.05, 0) is 30.2 Å². The lowest BCUT2D eigenvalue weighted by molar-refractivity contribution is -0.137. The van der Waals surface area contributed by atoms with Crippen LogP contribution in [0, 0.1) is 0 Å². The Labute approximate surface area is 107 Å². The van der Waals surface area contributed by atoms with Gasteiger partial charge in [0.05, 0.1) is 5.56 Å². The maximum atomic E-state index is 12.6. The summed E-state index contributed by atoms with van der Waals surface area (Å²) in [4.78, 5) is 23.7. The number of carbonyl (C=O) groups excluding carboxylic acids is 2. The number of nitrogens with two attached hydrogens (primary N) is 1. The van der Waals surface area contributed by atoms with Crippen LogP contribution in [-0.2, 0) is 22.2 Å². The number of rotatable bonds is 2. The highest BCUT2D eigenvalue weighted by molar-refractivity contribution is 6.00. The summed E-state index contributed by atoms with van der Waals surface area (Å²) in [6.07, 6.45) is -4.13. The molecule has 1 aliphatic heterocycles. The van der Waals surface area contributed by atoms with Crippen molar-refractivity contribution in [2.75, 3.05) is 11.4 Å². The van der Waals surface area contributed by atoms with Gasteiger partial charge in [-0.2, -0.15) is 13.2 Å². The molecule has 2 rings (SSSR count). The van der Waals surface area contributed by atoms with Crippen LogP contribution in [-0.4, -0.2) is 18.4 Å². The predicted molar refractivity (Wildman–Crippen MR) is 61.3 cm³/mol. The van der Waals surface area contributed by atoms with E-state index in [-0.39, 0.29) is 25.3 Å². The van der Waals surface area contributed by atoms with E-state index in [1.807, 2.05) is 0 Å². The summed E-state index contributed by atoms with van der Waals surface area (Å²) in [7, 11) is 0. The minimum atomic E-state index is -4.43.